The molecule has 0 saturated carbocycles. The molecule has 0 aromatic heterocycles. The van der Waals surface area contributed by atoms with Crippen molar-refractivity contribution in [1.29, 1.82) is 0 Å². The van der Waals surface area contributed by atoms with Crippen molar-refractivity contribution in [2.45, 2.75) is 77.0 Å². The van der Waals surface area contributed by atoms with Crippen molar-refractivity contribution in [3.8, 4) is 23.0 Å². The SMILES string of the molecule is C1=[N+]2CCN1c1c3cccc1OCCCC/C=C/CCCCOc1cccc(c12)OCCCC/C=C/CCCCO3. The number of allylic oxidation sites excluding steroid dienone is 4. The second-order valence-electron chi connectivity index (χ2n) is 11.0. The molecule has 41 heavy (non-hydrogen) atoms. The Labute approximate surface area is 246 Å². The average molecular weight is 560 g/mol. The van der Waals surface area contributed by atoms with Gasteiger partial charge in [0.05, 0.1) is 26.4 Å². The number of anilines is 1. The van der Waals surface area contributed by atoms with E-state index in [4.69, 9.17) is 18.9 Å². The lowest BCUT2D eigenvalue weighted by Crippen LogP contribution is -2.20. The molecule has 3 aliphatic rings. The highest BCUT2D eigenvalue weighted by Gasteiger charge is 2.32. The molecule has 3 aliphatic heterocycles. The highest BCUT2D eigenvalue weighted by atomic mass is 16.5. The molecule has 0 radical (unpaired) electrons. The molecule has 0 fully saturated rings. The number of para-hydroxylation sites is 2. The van der Waals surface area contributed by atoms with Crippen LogP contribution in [0.2, 0.25) is 0 Å². The number of nitrogens with zero attached hydrogens (tertiary/aromatic N) is 2. The molecule has 3 heterocycles. The Morgan fingerprint density at radius 1 is 0.512 bits per heavy atom. The summed E-state index contributed by atoms with van der Waals surface area (Å²) in [6.07, 6.45) is 24.4. The molecular formula is C35H47N2O4+. The number of hydrogen-bond donors (Lipinski definition) is 0. The molecule has 6 nitrogen and oxygen atoms in total. The van der Waals surface area contributed by atoms with E-state index in [1.54, 1.807) is 0 Å². The zero-order chi connectivity index (χ0) is 28.0. The monoisotopic (exact) mass is 559 g/mol. The summed E-state index contributed by atoms with van der Waals surface area (Å²) >= 11 is 0. The third kappa shape index (κ3) is 8.54. The second kappa shape index (κ2) is 16.1. The van der Waals surface area contributed by atoms with Crippen LogP contribution >= 0.6 is 0 Å². The molecule has 220 valence electrons. The summed E-state index contributed by atoms with van der Waals surface area (Å²) < 4.78 is 27.9. The third-order valence-corrected chi connectivity index (χ3v) is 7.78. The molecule has 0 spiro atoms. The summed E-state index contributed by atoms with van der Waals surface area (Å²) in [6, 6.07) is 12.4. The van der Waals surface area contributed by atoms with Crippen molar-refractivity contribution in [3.05, 3.63) is 60.7 Å². The smallest absolute Gasteiger partial charge is 0.245 e. The summed E-state index contributed by atoms with van der Waals surface area (Å²) in [6.45, 7) is 4.43. The minimum absolute atomic E-state index is 0.697. The minimum Gasteiger partial charge on any atom is -0.489 e. The van der Waals surface area contributed by atoms with Gasteiger partial charge in [-0.2, -0.15) is 0 Å². The van der Waals surface area contributed by atoms with Gasteiger partial charge in [0, 0.05) is 0 Å². The lowest BCUT2D eigenvalue weighted by molar-refractivity contribution is -0.425. The van der Waals surface area contributed by atoms with Crippen molar-refractivity contribution in [1.82, 2.24) is 0 Å². The summed E-state index contributed by atoms with van der Waals surface area (Å²) in [5, 5.41) is 0. The topological polar surface area (TPSA) is 43.2 Å². The van der Waals surface area contributed by atoms with Crippen LogP contribution in [0.3, 0.4) is 0 Å². The van der Waals surface area contributed by atoms with E-state index in [9.17, 15) is 0 Å². The van der Waals surface area contributed by atoms with Gasteiger partial charge < -0.3 is 18.9 Å². The van der Waals surface area contributed by atoms with Gasteiger partial charge in [-0.3, -0.25) is 0 Å². The van der Waals surface area contributed by atoms with E-state index in [0.717, 1.165) is 125 Å². The van der Waals surface area contributed by atoms with Crippen molar-refractivity contribution in [2.24, 2.45) is 0 Å². The number of benzene rings is 2. The molecule has 0 atom stereocenters. The maximum absolute atomic E-state index is 6.41. The largest absolute Gasteiger partial charge is 0.489 e. The minimum atomic E-state index is 0.697. The maximum atomic E-state index is 6.41. The Morgan fingerprint density at radius 2 is 0.927 bits per heavy atom. The molecule has 0 amide bonds. The van der Waals surface area contributed by atoms with Gasteiger partial charge in [-0.05, 0) is 101 Å². The Kier molecular flexibility index (Phi) is 11.5. The Bertz CT molecular complexity index is 1120. The Hall–Kier alpha value is -3.41. The zero-order valence-corrected chi connectivity index (χ0v) is 24.6. The summed E-state index contributed by atoms with van der Waals surface area (Å²) in [4.78, 5) is 2.28. The van der Waals surface area contributed by atoms with E-state index >= 15 is 0 Å². The number of ether oxygens (including phenoxy) is 4. The zero-order valence-electron chi connectivity index (χ0n) is 24.6. The predicted octanol–water partition coefficient (Wildman–Crippen LogP) is 8.22. The second-order valence-corrected chi connectivity index (χ2v) is 11.0. The van der Waals surface area contributed by atoms with Crippen LogP contribution in [0.25, 0.3) is 0 Å². The molecule has 0 N–H and O–H groups in total. The standard InChI is InChI=1S/C35H47N2O4/c1-2-6-10-14-26-39-31-20-18-22-33-35(31)37-24-23-36(29-37)34-30(38-25-13-9-5-1)19-17-21-32(34)40-27-15-11-7-3-4-8-12-16-28-41-33/h1-4,17-22,29H,5-16,23-28H2/q+1/b2-1+,4-3+. The first-order chi connectivity index (χ1) is 20.4. The molecular weight excluding hydrogens is 512 g/mol. The normalized spacial score (nSPS) is 21.2. The lowest BCUT2D eigenvalue weighted by atomic mass is 10.2. The van der Waals surface area contributed by atoms with Gasteiger partial charge in [-0.15, -0.1) is 0 Å². The Morgan fingerprint density at radius 3 is 1.39 bits per heavy atom. The van der Waals surface area contributed by atoms with E-state index in [-0.39, 0.29) is 0 Å². The van der Waals surface area contributed by atoms with Crippen LogP contribution in [0.5, 0.6) is 23.0 Å². The summed E-state index contributed by atoms with van der Waals surface area (Å²) in [5.41, 5.74) is 2.01. The van der Waals surface area contributed by atoms with Crippen molar-refractivity contribution < 1.29 is 23.5 Å². The molecule has 0 aliphatic carbocycles. The van der Waals surface area contributed by atoms with Crippen LogP contribution in [0.15, 0.2) is 60.7 Å². The van der Waals surface area contributed by atoms with Gasteiger partial charge >= 0.3 is 0 Å². The number of rotatable bonds is 0. The van der Waals surface area contributed by atoms with E-state index in [1.807, 2.05) is 12.1 Å². The molecule has 0 saturated heterocycles. The molecule has 4 bridgehead atoms. The Balaban J connectivity index is 1.51. The summed E-state index contributed by atoms with van der Waals surface area (Å²) in [5.74, 6) is 3.51. The molecule has 0 unspecified atom stereocenters. The van der Waals surface area contributed by atoms with Crippen LogP contribution in [-0.2, 0) is 0 Å². The van der Waals surface area contributed by atoms with Gasteiger partial charge in [0.1, 0.15) is 13.1 Å². The van der Waals surface area contributed by atoms with E-state index < -0.39 is 0 Å². The van der Waals surface area contributed by atoms with Crippen LogP contribution < -0.4 is 23.8 Å². The highest BCUT2D eigenvalue weighted by molar-refractivity contribution is 5.85. The molecule has 2 aromatic rings. The van der Waals surface area contributed by atoms with E-state index in [0.29, 0.717) is 26.4 Å². The summed E-state index contributed by atoms with van der Waals surface area (Å²) in [7, 11) is 0. The van der Waals surface area contributed by atoms with Gasteiger partial charge in [-0.25, -0.2) is 9.48 Å². The van der Waals surface area contributed by atoms with Gasteiger partial charge in [0.25, 0.3) is 0 Å². The van der Waals surface area contributed by atoms with Crippen LogP contribution in [0, 0.1) is 0 Å². The van der Waals surface area contributed by atoms with Gasteiger partial charge in [0.15, 0.2) is 23.0 Å². The first-order valence-electron chi connectivity index (χ1n) is 15.9. The fraction of sp³-hybridized carbons (Fsp3) is 0.514. The van der Waals surface area contributed by atoms with E-state index in [1.165, 1.54) is 0 Å². The predicted molar refractivity (Wildman–Crippen MR) is 167 cm³/mol. The fourth-order valence-electron chi connectivity index (χ4n) is 5.53. The van der Waals surface area contributed by atoms with Gasteiger partial charge in [-0.1, -0.05) is 36.4 Å². The highest BCUT2D eigenvalue weighted by Crippen LogP contribution is 2.42. The van der Waals surface area contributed by atoms with Crippen molar-refractivity contribution in [3.63, 3.8) is 0 Å². The van der Waals surface area contributed by atoms with E-state index in [2.05, 4.69) is 64.4 Å². The maximum Gasteiger partial charge on any atom is 0.245 e. The first kappa shape index (κ1) is 29.1. The average Bonchev–Trinajstić information content (AvgIpc) is 3.46. The lowest BCUT2D eigenvalue weighted by Gasteiger charge is -2.17. The van der Waals surface area contributed by atoms with Crippen molar-refractivity contribution >= 4 is 17.7 Å². The first-order valence-corrected chi connectivity index (χ1v) is 15.9. The van der Waals surface area contributed by atoms with Crippen molar-refractivity contribution in [2.75, 3.05) is 44.4 Å². The fourth-order valence-corrected chi connectivity index (χ4v) is 5.53. The molecule has 5 rings (SSSR count). The molecule has 2 aromatic carbocycles. The van der Waals surface area contributed by atoms with Crippen LogP contribution in [0.1, 0.15) is 77.0 Å². The molecule has 6 heteroatoms. The third-order valence-electron chi connectivity index (χ3n) is 7.78. The van der Waals surface area contributed by atoms with Gasteiger partial charge in [0.2, 0.25) is 17.7 Å². The van der Waals surface area contributed by atoms with Crippen LogP contribution in [-0.4, -0.2) is 50.4 Å². The van der Waals surface area contributed by atoms with Crippen LogP contribution in [0.4, 0.5) is 11.4 Å². The number of hydrogen-bond acceptors (Lipinski definition) is 5. The quantitative estimate of drug-likeness (QED) is 0.240.